The van der Waals surface area contributed by atoms with Gasteiger partial charge in [-0.15, -0.1) is 11.3 Å². The van der Waals surface area contributed by atoms with Gasteiger partial charge < -0.3 is 15.1 Å². The molecule has 2 heterocycles. The molecule has 1 atom stereocenters. The molecule has 1 aliphatic rings. The van der Waals surface area contributed by atoms with Gasteiger partial charge in [0.1, 0.15) is 0 Å². The molecule has 0 saturated carbocycles. The summed E-state index contributed by atoms with van der Waals surface area (Å²) >= 11 is 1.35. The molecule has 92 valence electrons. The van der Waals surface area contributed by atoms with E-state index in [1.54, 1.807) is 6.07 Å². The van der Waals surface area contributed by atoms with E-state index in [-0.39, 0.29) is 5.71 Å². The molecule has 1 fully saturated rings. The summed E-state index contributed by atoms with van der Waals surface area (Å²) in [6.07, 6.45) is 1.94. The largest absolute Gasteiger partial charge is 0.476 e. The fourth-order valence-electron chi connectivity index (χ4n) is 1.84. The standard InChI is InChI=1S/C11H13NO4S/c13-11(14)10(12-15)9-2-1-8(17-9)5-7-3-4-16-6-7/h1-2,7,15H,3-6H2,(H,13,14)/b12-10-. The monoisotopic (exact) mass is 255 g/mol. The minimum absolute atomic E-state index is 0.302. The highest BCUT2D eigenvalue weighted by molar-refractivity contribution is 7.14. The van der Waals surface area contributed by atoms with Crippen molar-refractivity contribution in [3.63, 3.8) is 0 Å². The van der Waals surface area contributed by atoms with Crippen LogP contribution in [0.2, 0.25) is 0 Å². The molecule has 1 saturated heterocycles. The number of rotatable bonds is 4. The van der Waals surface area contributed by atoms with E-state index in [1.165, 1.54) is 11.3 Å². The number of aliphatic carboxylic acids is 1. The van der Waals surface area contributed by atoms with Crippen molar-refractivity contribution in [1.29, 1.82) is 0 Å². The summed E-state index contributed by atoms with van der Waals surface area (Å²) in [5.41, 5.74) is -0.302. The maximum absolute atomic E-state index is 10.8. The first-order valence-electron chi connectivity index (χ1n) is 5.33. The average molecular weight is 255 g/mol. The second-order valence-corrected chi connectivity index (χ2v) is 5.12. The van der Waals surface area contributed by atoms with E-state index in [9.17, 15) is 4.79 Å². The van der Waals surface area contributed by atoms with Crippen molar-refractivity contribution in [1.82, 2.24) is 0 Å². The first-order valence-corrected chi connectivity index (χ1v) is 6.14. The number of carboxylic acids is 1. The van der Waals surface area contributed by atoms with Crippen LogP contribution in [0, 0.1) is 5.92 Å². The summed E-state index contributed by atoms with van der Waals surface area (Å²) < 4.78 is 5.29. The van der Waals surface area contributed by atoms with Crippen molar-refractivity contribution in [2.24, 2.45) is 11.1 Å². The molecule has 0 aliphatic carbocycles. The number of thiophene rings is 1. The van der Waals surface area contributed by atoms with Crippen LogP contribution >= 0.6 is 11.3 Å². The van der Waals surface area contributed by atoms with Crippen LogP contribution < -0.4 is 0 Å². The molecule has 0 amide bonds. The number of carboxylic acid groups (broad SMARTS) is 1. The lowest BCUT2D eigenvalue weighted by molar-refractivity contribution is -0.129. The number of hydrogen-bond acceptors (Lipinski definition) is 5. The summed E-state index contributed by atoms with van der Waals surface area (Å²) in [6.45, 7) is 1.58. The molecule has 0 aromatic carbocycles. The molecule has 17 heavy (non-hydrogen) atoms. The van der Waals surface area contributed by atoms with Crippen molar-refractivity contribution in [2.75, 3.05) is 13.2 Å². The van der Waals surface area contributed by atoms with Crippen LogP contribution in [-0.4, -0.2) is 35.2 Å². The van der Waals surface area contributed by atoms with Gasteiger partial charge in [-0.1, -0.05) is 5.16 Å². The fourth-order valence-corrected chi connectivity index (χ4v) is 2.94. The Morgan fingerprint density at radius 1 is 1.59 bits per heavy atom. The second kappa shape index (κ2) is 5.29. The summed E-state index contributed by atoms with van der Waals surface area (Å²) in [7, 11) is 0. The molecule has 1 aromatic heterocycles. The third-order valence-corrected chi connectivity index (χ3v) is 3.83. The van der Waals surface area contributed by atoms with Gasteiger partial charge in [-0.2, -0.15) is 0 Å². The molecular weight excluding hydrogens is 242 g/mol. The van der Waals surface area contributed by atoms with Gasteiger partial charge >= 0.3 is 5.97 Å². The molecule has 1 unspecified atom stereocenters. The maximum atomic E-state index is 10.8. The number of ether oxygens (including phenoxy) is 1. The fraction of sp³-hybridized carbons (Fsp3) is 0.455. The third-order valence-electron chi connectivity index (χ3n) is 2.71. The lowest BCUT2D eigenvalue weighted by Crippen LogP contribution is -2.12. The Bertz CT molecular complexity index is 434. The number of nitrogens with zero attached hydrogens (tertiary/aromatic N) is 1. The summed E-state index contributed by atoms with van der Waals surface area (Å²) in [5.74, 6) is -0.703. The van der Waals surface area contributed by atoms with Gasteiger partial charge in [-0.25, -0.2) is 4.79 Å². The topological polar surface area (TPSA) is 79.1 Å². The van der Waals surface area contributed by atoms with Crippen molar-refractivity contribution < 1.29 is 19.8 Å². The van der Waals surface area contributed by atoms with E-state index in [0.717, 1.165) is 30.9 Å². The van der Waals surface area contributed by atoms with E-state index >= 15 is 0 Å². The zero-order chi connectivity index (χ0) is 12.3. The third kappa shape index (κ3) is 2.83. The molecule has 6 heteroatoms. The van der Waals surface area contributed by atoms with Gasteiger partial charge in [0, 0.05) is 18.1 Å². The molecule has 1 aromatic rings. The zero-order valence-electron chi connectivity index (χ0n) is 9.13. The highest BCUT2D eigenvalue weighted by Crippen LogP contribution is 2.24. The van der Waals surface area contributed by atoms with Crippen molar-refractivity contribution in [2.45, 2.75) is 12.8 Å². The number of carbonyl (C=O) groups is 1. The summed E-state index contributed by atoms with van der Waals surface area (Å²) in [6, 6.07) is 3.56. The van der Waals surface area contributed by atoms with Crippen molar-refractivity contribution in [3.05, 3.63) is 21.9 Å². The maximum Gasteiger partial charge on any atom is 0.359 e. The Kier molecular flexibility index (Phi) is 3.75. The lowest BCUT2D eigenvalue weighted by Gasteiger charge is -2.03. The second-order valence-electron chi connectivity index (χ2n) is 3.95. The van der Waals surface area contributed by atoms with Crippen molar-refractivity contribution >= 4 is 23.0 Å². The SMILES string of the molecule is O=C(O)/C(=N\O)c1ccc(CC2CCOC2)s1. The highest BCUT2D eigenvalue weighted by Gasteiger charge is 2.19. The first-order chi connectivity index (χ1) is 8.20. The molecule has 2 rings (SSSR count). The smallest absolute Gasteiger partial charge is 0.359 e. The van der Waals surface area contributed by atoms with Crippen LogP contribution in [0.4, 0.5) is 0 Å². The van der Waals surface area contributed by atoms with Gasteiger partial charge in [-0.3, -0.25) is 0 Å². The Labute approximate surface area is 102 Å². The van der Waals surface area contributed by atoms with E-state index in [4.69, 9.17) is 15.1 Å². The van der Waals surface area contributed by atoms with Crippen LogP contribution in [0.25, 0.3) is 0 Å². The average Bonchev–Trinajstić information content (AvgIpc) is 2.91. The van der Waals surface area contributed by atoms with E-state index < -0.39 is 5.97 Å². The number of oxime groups is 1. The number of hydrogen-bond donors (Lipinski definition) is 2. The minimum atomic E-state index is -1.22. The van der Waals surface area contributed by atoms with Crippen LogP contribution in [-0.2, 0) is 16.0 Å². The van der Waals surface area contributed by atoms with E-state index in [2.05, 4.69) is 5.16 Å². The molecule has 5 nitrogen and oxygen atoms in total. The summed E-state index contributed by atoms with van der Waals surface area (Å²) in [5, 5.41) is 20.3. The predicted octanol–water partition coefficient (Wildman–Crippen LogP) is 1.59. The Morgan fingerprint density at radius 3 is 3.00 bits per heavy atom. The van der Waals surface area contributed by atoms with Gasteiger partial charge in [0.2, 0.25) is 5.71 Å². The zero-order valence-corrected chi connectivity index (χ0v) is 9.94. The van der Waals surface area contributed by atoms with Gasteiger partial charge in [0.15, 0.2) is 0 Å². The molecule has 0 bridgehead atoms. The molecule has 2 N–H and O–H groups in total. The van der Waals surface area contributed by atoms with Crippen LogP contribution in [0.5, 0.6) is 0 Å². The van der Waals surface area contributed by atoms with Crippen LogP contribution in [0.1, 0.15) is 16.2 Å². The molecule has 0 radical (unpaired) electrons. The minimum Gasteiger partial charge on any atom is -0.476 e. The normalized spacial score (nSPS) is 20.7. The van der Waals surface area contributed by atoms with E-state index in [0.29, 0.717) is 10.8 Å². The van der Waals surface area contributed by atoms with E-state index in [1.807, 2.05) is 6.07 Å². The molecule has 1 aliphatic heterocycles. The Morgan fingerprint density at radius 2 is 2.41 bits per heavy atom. The van der Waals surface area contributed by atoms with Crippen LogP contribution in [0.3, 0.4) is 0 Å². The lowest BCUT2D eigenvalue weighted by atomic mass is 10.0. The Hall–Kier alpha value is -1.40. The van der Waals surface area contributed by atoms with Crippen LogP contribution in [0.15, 0.2) is 17.3 Å². The molecular formula is C11H13NO4S. The van der Waals surface area contributed by atoms with Gasteiger partial charge in [0.05, 0.1) is 4.88 Å². The van der Waals surface area contributed by atoms with Gasteiger partial charge in [0.25, 0.3) is 0 Å². The van der Waals surface area contributed by atoms with Gasteiger partial charge in [-0.05, 0) is 30.9 Å². The van der Waals surface area contributed by atoms with Crippen molar-refractivity contribution in [3.8, 4) is 0 Å². The highest BCUT2D eigenvalue weighted by atomic mass is 32.1. The quantitative estimate of drug-likeness (QED) is 0.486. The Balaban J connectivity index is 2.07. The predicted molar refractivity (Wildman–Crippen MR) is 62.9 cm³/mol. The summed E-state index contributed by atoms with van der Waals surface area (Å²) in [4.78, 5) is 12.4. The molecule has 0 spiro atoms. The first kappa shape index (κ1) is 12.1.